The lowest BCUT2D eigenvalue weighted by atomic mass is 10.1. The number of nitrogens with one attached hydrogen (secondary N) is 1. The highest BCUT2D eigenvalue weighted by Crippen LogP contribution is 2.13. The Kier molecular flexibility index (Phi) is 7.74. The maximum absolute atomic E-state index is 11.7. The molecule has 0 aliphatic carbocycles. The van der Waals surface area contributed by atoms with E-state index in [1.54, 1.807) is 31.2 Å². The summed E-state index contributed by atoms with van der Waals surface area (Å²) in [4.78, 5) is 22.3. The van der Waals surface area contributed by atoms with Gasteiger partial charge in [-0.05, 0) is 37.0 Å². The van der Waals surface area contributed by atoms with Gasteiger partial charge in [0.1, 0.15) is 0 Å². The van der Waals surface area contributed by atoms with E-state index in [1.807, 2.05) is 0 Å². The van der Waals surface area contributed by atoms with Crippen molar-refractivity contribution >= 4 is 21.7 Å². The first-order valence-electron chi connectivity index (χ1n) is 7.65. The zero-order valence-electron chi connectivity index (χ0n) is 13.2. The molecule has 0 radical (unpaired) electrons. The maximum Gasteiger partial charge on any atom is 0.303 e. The Morgan fingerprint density at radius 1 is 1.09 bits per heavy atom. The minimum atomic E-state index is -3.19. The first-order valence-corrected chi connectivity index (χ1v) is 9.30. The highest BCUT2D eigenvalue weighted by molar-refractivity contribution is 7.91. The standard InChI is InChI=1S/C16H23NO5S/c1-2-23(21,22)14-9-6-13(7-10-14)8-11-15(18)17-12-4-3-5-16(19)20/h6-7,9-10H,2-5,8,11-12H2,1H3,(H,17,18)(H,19,20). The molecular weight excluding hydrogens is 318 g/mol. The van der Waals surface area contributed by atoms with Crippen LogP contribution in [0.3, 0.4) is 0 Å². The molecule has 1 aromatic carbocycles. The van der Waals surface area contributed by atoms with Gasteiger partial charge in [0, 0.05) is 19.4 Å². The molecule has 23 heavy (non-hydrogen) atoms. The highest BCUT2D eigenvalue weighted by Gasteiger charge is 2.11. The van der Waals surface area contributed by atoms with Gasteiger partial charge in [0.2, 0.25) is 5.91 Å². The van der Waals surface area contributed by atoms with Crippen molar-refractivity contribution in [3.63, 3.8) is 0 Å². The summed E-state index contributed by atoms with van der Waals surface area (Å²) in [6.07, 6.45) is 2.15. The summed E-state index contributed by atoms with van der Waals surface area (Å²) in [5.41, 5.74) is 0.904. The molecule has 0 saturated carbocycles. The zero-order valence-corrected chi connectivity index (χ0v) is 14.1. The third-order valence-corrected chi connectivity index (χ3v) is 5.19. The van der Waals surface area contributed by atoms with Crippen LogP contribution >= 0.6 is 0 Å². The number of carboxylic acids is 1. The fourth-order valence-electron chi connectivity index (χ4n) is 2.01. The number of aliphatic carboxylic acids is 1. The Morgan fingerprint density at radius 3 is 2.30 bits per heavy atom. The van der Waals surface area contributed by atoms with Gasteiger partial charge in [-0.2, -0.15) is 0 Å². The molecule has 0 spiro atoms. The molecule has 0 aliphatic rings. The Bertz CT molecular complexity index is 622. The molecule has 0 atom stereocenters. The van der Waals surface area contributed by atoms with Gasteiger partial charge >= 0.3 is 5.97 Å². The van der Waals surface area contributed by atoms with Gasteiger partial charge in [-0.3, -0.25) is 9.59 Å². The van der Waals surface area contributed by atoms with E-state index in [0.29, 0.717) is 37.1 Å². The number of hydrogen-bond donors (Lipinski definition) is 2. The number of carbonyl (C=O) groups is 2. The predicted octanol–water partition coefficient (Wildman–Crippen LogP) is 1.78. The third kappa shape index (κ3) is 7.27. The van der Waals surface area contributed by atoms with Crippen LogP contribution in [0.2, 0.25) is 0 Å². The molecule has 0 aromatic heterocycles. The van der Waals surface area contributed by atoms with Crippen molar-refractivity contribution < 1.29 is 23.1 Å². The summed E-state index contributed by atoms with van der Waals surface area (Å²) < 4.78 is 23.4. The molecule has 0 saturated heterocycles. The van der Waals surface area contributed by atoms with Crippen LogP contribution in [-0.2, 0) is 25.8 Å². The molecule has 0 unspecified atom stereocenters. The van der Waals surface area contributed by atoms with Gasteiger partial charge in [-0.15, -0.1) is 0 Å². The molecule has 6 nitrogen and oxygen atoms in total. The van der Waals surface area contributed by atoms with Crippen molar-refractivity contribution in [3.05, 3.63) is 29.8 Å². The molecule has 0 heterocycles. The second-order valence-corrected chi connectivity index (χ2v) is 7.53. The van der Waals surface area contributed by atoms with E-state index in [9.17, 15) is 18.0 Å². The molecule has 1 amide bonds. The number of hydrogen-bond acceptors (Lipinski definition) is 4. The third-order valence-electron chi connectivity index (χ3n) is 3.44. The van der Waals surface area contributed by atoms with E-state index in [-0.39, 0.29) is 18.1 Å². The molecule has 128 valence electrons. The van der Waals surface area contributed by atoms with Crippen LogP contribution in [0.4, 0.5) is 0 Å². The lowest BCUT2D eigenvalue weighted by Crippen LogP contribution is -2.24. The number of benzene rings is 1. The maximum atomic E-state index is 11.7. The Morgan fingerprint density at radius 2 is 1.74 bits per heavy atom. The summed E-state index contributed by atoms with van der Waals surface area (Å²) in [5.74, 6) is -0.855. The SMILES string of the molecule is CCS(=O)(=O)c1ccc(CCC(=O)NCCCCC(=O)O)cc1. The van der Waals surface area contributed by atoms with Crippen LogP contribution in [0.25, 0.3) is 0 Å². The van der Waals surface area contributed by atoms with Crippen molar-refractivity contribution in [1.29, 1.82) is 0 Å². The summed E-state index contributed by atoms with van der Waals surface area (Å²) in [6.45, 7) is 2.07. The number of rotatable bonds is 10. The van der Waals surface area contributed by atoms with Gasteiger partial charge in [0.05, 0.1) is 10.6 Å². The average molecular weight is 341 g/mol. The van der Waals surface area contributed by atoms with Gasteiger partial charge in [0.25, 0.3) is 0 Å². The van der Waals surface area contributed by atoms with Crippen molar-refractivity contribution in [1.82, 2.24) is 5.32 Å². The number of unbranched alkanes of at least 4 members (excludes halogenated alkanes) is 1. The number of amides is 1. The Labute approximate surface area is 136 Å². The number of carbonyl (C=O) groups excluding carboxylic acids is 1. The minimum absolute atomic E-state index is 0.0661. The monoisotopic (exact) mass is 341 g/mol. The second-order valence-electron chi connectivity index (χ2n) is 5.25. The molecule has 1 rings (SSSR count). The molecule has 1 aromatic rings. The summed E-state index contributed by atoms with van der Waals surface area (Å²) in [6, 6.07) is 6.58. The molecule has 2 N–H and O–H groups in total. The molecule has 7 heteroatoms. The fraction of sp³-hybridized carbons (Fsp3) is 0.500. The summed E-state index contributed by atoms with van der Waals surface area (Å²) in [5, 5.41) is 11.2. The van der Waals surface area contributed by atoms with Gasteiger partial charge < -0.3 is 10.4 Å². The lowest BCUT2D eigenvalue weighted by Gasteiger charge is -2.06. The summed E-state index contributed by atoms with van der Waals surface area (Å²) in [7, 11) is -3.19. The van der Waals surface area contributed by atoms with Crippen molar-refractivity contribution in [3.8, 4) is 0 Å². The van der Waals surface area contributed by atoms with Crippen LogP contribution in [0, 0.1) is 0 Å². The second kappa shape index (κ2) is 9.29. The number of carboxylic acid groups (broad SMARTS) is 1. The van der Waals surface area contributed by atoms with E-state index in [2.05, 4.69) is 5.32 Å². The van der Waals surface area contributed by atoms with Crippen LogP contribution < -0.4 is 5.32 Å². The smallest absolute Gasteiger partial charge is 0.303 e. The van der Waals surface area contributed by atoms with Gasteiger partial charge in [-0.1, -0.05) is 19.1 Å². The van der Waals surface area contributed by atoms with E-state index in [4.69, 9.17) is 5.11 Å². The fourth-order valence-corrected chi connectivity index (χ4v) is 2.89. The molecule has 0 fully saturated rings. The molecule has 0 aliphatic heterocycles. The van der Waals surface area contributed by atoms with Crippen molar-refractivity contribution in [2.75, 3.05) is 12.3 Å². The zero-order chi connectivity index (χ0) is 17.3. The van der Waals surface area contributed by atoms with Crippen LogP contribution in [0.1, 0.15) is 38.2 Å². The number of sulfone groups is 1. The molecular formula is C16H23NO5S. The first kappa shape index (κ1) is 19.2. The van der Waals surface area contributed by atoms with E-state index in [1.165, 1.54) is 0 Å². The van der Waals surface area contributed by atoms with E-state index in [0.717, 1.165) is 5.56 Å². The van der Waals surface area contributed by atoms with Crippen LogP contribution in [-0.4, -0.2) is 37.7 Å². The Balaban J connectivity index is 2.32. The van der Waals surface area contributed by atoms with Crippen LogP contribution in [0.15, 0.2) is 29.2 Å². The summed E-state index contributed by atoms with van der Waals surface area (Å²) >= 11 is 0. The van der Waals surface area contributed by atoms with E-state index < -0.39 is 15.8 Å². The van der Waals surface area contributed by atoms with Gasteiger partial charge in [0.15, 0.2) is 9.84 Å². The van der Waals surface area contributed by atoms with Crippen LogP contribution in [0.5, 0.6) is 0 Å². The predicted molar refractivity (Wildman–Crippen MR) is 87.0 cm³/mol. The largest absolute Gasteiger partial charge is 0.481 e. The average Bonchev–Trinajstić information content (AvgIpc) is 2.52. The highest BCUT2D eigenvalue weighted by atomic mass is 32.2. The Hall–Kier alpha value is -1.89. The number of aryl methyl sites for hydroxylation is 1. The van der Waals surface area contributed by atoms with Crippen molar-refractivity contribution in [2.24, 2.45) is 0 Å². The van der Waals surface area contributed by atoms with Gasteiger partial charge in [-0.25, -0.2) is 8.42 Å². The lowest BCUT2D eigenvalue weighted by molar-refractivity contribution is -0.137. The van der Waals surface area contributed by atoms with E-state index >= 15 is 0 Å². The first-order chi connectivity index (χ1) is 10.8. The minimum Gasteiger partial charge on any atom is -0.481 e. The topological polar surface area (TPSA) is 101 Å². The normalized spacial score (nSPS) is 11.2. The quantitative estimate of drug-likeness (QED) is 0.632. The van der Waals surface area contributed by atoms with Crippen molar-refractivity contribution in [2.45, 2.75) is 43.9 Å². The molecule has 0 bridgehead atoms.